The molecule has 1 N–H and O–H groups in total. The fraction of sp³-hybridized carbons (Fsp3) is 0.643. The summed E-state index contributed by atoms with van der Waals surface area (Å²) >= 11 is 0. The Labute approximate surface area is 113 Å². The number of rotatable bonds is 2. The van der Waals surface area contributed by atoms with E-state index >= 15 is 0 Å². The molecule has 3 rings (SSSR count). The van der Waals surface area contributed by atoms with Crippen LogP contribution in [0.3, 0.4) is 0 Å². The van der Waals surface area contributed by atoms with Crippen LogP contribution in [0.15, 0.2) is 6.07 Å². The molecule has 2 aromatic heterocycles. The Morgan fingerprint density at radius 3 is 2.74 bits per heavy atom. The minimum absolute atomic E-state index is 0.0706. The van der Waals surface area contributed by atoms with E-state index in [-0.39, 0.29) is 5.41 Å². The SMILES string of the molecule is Cc1cc(C)n2c(C3(C(C)C)CCNC3)nnc2n1. The lowest BCUT2D eigenvalue weighted by atomic mass is 9.75. The van der Waals surface area contributed by atoms with Gasteiger partial charge in [0, 0.05) is 23.3 Å². The number of aromatic nitrogens is 4. The molecule has 0 aliphatic carbocycles. The van der Waals surface area contributed by atoms with Crippen molar-refractivity contribution >= 4 is 5.78 Å². The van der Waals surface area contributed by atoms with E-state index in [0.29, 0.717) is 5.92 Å². The van der Waals surface area contributed by atoms with E-state index in [1.165, 1.54) is 0 Å². The maximum absolute atomic E-state index is 4.49. The van der Waals surface area contributed by atoms with Gasteiger partial charge in [0.2, 0.25) is 0 Å². The fourth-order valence-electron chi connectivity index (χ4n) is 3.21. The van der Waals surface area contributed by atoms with Crippen molar-refractivity contribution in [1.29, 1.82) is 0 Å². The van der Waals surface area contributed by atoms with Gasteiger partial charge in [0.15, 0.2) is 0 Å². The summed E-state index contributed by atoms with van der Waals surface area (Å²) in [5.74, 6) is 2.31. The maximum Gasteiger partial charge on any atom is 0.255 e. The Kier molecular flexibility index (Phi) is 2.82. The molecule has 1 saturated heterocycles. The molecule has 1 aliphatic rings. The van der Waals surface area contributed by atoms with Crippen molar-refractivity contribution in [1.82, 2.24) is 24.9 Å². The van der Waals surface area contributed by atoms with Gasteiger partial charge < -0.3 is 5.32 Å². The molecule has 5 heteroatoms. The van der Waals surface area contributed by atoms with Gasteiger partial charge in [-0.25, -0.2) is 4.98 Å². The second-order valence-corrected chi connectivity index (χ2v) is 5.94. The van der Waals surface area contributed by atoms with Crippen LogP contribution >= 0.6 is 0 Å². The Morgan fingerprint density at radius 1 is 1.32 bits per heavy atom. The number of fused-ring (bicyclic) bond motifs is 1. The number of aryl methyl sites for hydroxylation is 2. The largest absolute Gasteiger partial charge is 0.316 e. The first kappa shape index (κ1) is 12.5. The van der Waals surface area contributed by atoms with E-state index in [0.717, 1.165) is 42.5 Å². The molecule has 0 bridgehead atoms. The molecule has 1 aliphatic heterocycles. The molecule has 5 nitrogen and oxygen atoms in total. The molecular weight excluding hydrogens is 238 g/mol. The van der Waals surface area contributed by atoms with Gasteiger partial charge in [0.1, 0.15) is 5.82 Å². The van der Waals surface area contributed by atoms with Crippen LogP contribution in [0.2, 0.25) is 0 Å². The highest BCUT2D eigenvalue weighted by Crippen LogP contribution is 2.37. The molecule has 0 radical (unpaired) electrons. The monoisotopic (exact) mass is 259 g/mol. The first-order valence-corrected chi connectivity index (χ1v) is 6.95. The number of hydrogen-bond acceptors (Lipinski definition) is 4. The van der Waals surface area contributed by atoms with Crippen LogP contribution in [0, 0.1) is 19.8 Å². The van der Waals surface area contributed by atoms with Crippen LogP contribution in [0.25, 0.3) is 5.78 Å². The van der Waals surface area contributed by atoms with E-state index in [4.69, 9.17) is 0 Å². The predicted octanol–water partition coefficient (Wildman–Crippen LogP) is 1.63. The van der Waals surface area contributed by atoms with Gasteiger partial charge in [-0.05, 0) is 38.8 Å². The first-order chi connectivity index (χ1) is 9.04. The minimum Gasteiger partial charge on any atom is -0.316 e. The Morgan fingerprint density at radius 2 is 2.11 bits per heavy atom. The van der Waals surface area contributed by atoms with E-state index in [1.54, 1.807) is 0 Å². The summed E-state index contributed by atoms with van der Waals surface area (Å²) in [6, 6.07) is 2.09. The zero-order valence-corrected chi connectivity index (χ0v) is 12.1. The molecule has 1 fully saturated rings. The average Bonchev–Trinajstić information content (AvgIpc) is 2.93. The summed E-state index contributed by atoms with van der Waals surface area (Å²) in [6.07, 6.45) is 1.11. The standard InChI is InChI=1S/C14H21N5/c1-9(2)14(5-6-15-8-14)12-17-18-13-16-10(3)7-11(4)19(12)13/h7,9,15H,5-6,8H2,1-4H3. The highest BCUT2D eigenvalue weighted by molar-refractivity contribution is 5.35. The summed E-state index contributed by atoms with van der Waals surface area (Å²) < 4.78 is 2.12. The summed E-state index contributed by atoms with van der Waals surface area (Å²) in [5.41, 5.74) is 2.22. The quantitative estimate of drug-likeness (QED) is 0.890. The summed E-state index contributed by atoms with van der Waals surface area (Å²) in [4.78, 5) is 4.49. The molecule has 1 atom stereocenters. The van der Waals surface area contributed by atoms with Crippen molar-refractivity contribution < 1.29 is 0 Å². The first-order valence-electron chi connectivity index (χ1n) is 6.95. The number of nitrogens with zero attached hydrogens (tertiary/aromatic N) is 4. The molecule has 1 unspecified atom stereocenters. The fourth-order valence-corrected chi connectivity index (χ4v) is 3.21. The van der Waals surface area contributed by atoms with Crippen molar-refractivity contribution in [3.8, 4) is 0 Å². The summed E-state index contributed by atoms with van der Waals surface area (Å²) in [7, 11) is 0. The van der Waals surface area contributed by atoms with Crippen LogP contribution in [0.5, 0.6) is 0 Å². The van der Waals surface area contributed by atoms with Gasteiger partial charge >= 0.3 is 0 Å². The molecule has 0 spiro atoms. The van der Waals surface area contributed by atoms with Crippen molar-refractivity contribution in [2.75, 3.05) is 13.1 Å². The van der Waals surface area contributed by atoms with Crippen LogP contribution in [0.1, 0.15) is 37.5 Å². The normalized spacial score (nSPS) is 23.6. The third-order valence-corrected chi connectivity index (χ3v) is 4.43. The molecule has 19 heavy (non-hydrogen) atoms. The van der Waals surface area contributed by atoms with E-state index < -0.39 is 0 Å². The minimum atomic E-state index is 0.0706. The van der Waals surface area contributed by atoms with Gasteiger partial charge in [0.05, 0.1) is 0 Å². The van der Waals surface area contributed by atoms with Crippen LogP contribution < -0.4 is 5.32 Å². The topological polar surface area (TPSA) is 55.1 Å². The Hall–Kier alpha value is -1.49. The molecule has 2 aromatic rings. The van der Waals surface area contributed by atoms with Crippen LogP contribution in [0.4, 0.5) is 0 Å². The smallest absolute Gasteiger partial charge is 0.255 e. The molecule has 0 saturated carbocycles. The van der Waals surface area contributed by atoms with Crippen LogP contribution in [-0.4, -0.2) is 32.7 Å². The van der Waals surface area contributed by atoms with Gasteiger partial charge in [-0.2, -0.15) is 0 Å². The Balaban J connectivity index is 2.25. The Bertz CT molecular complexity index is 608. The third-order valence-electron chi connectivity index (χ3n) is 4.43. The average molecular weight is 259 g/mol. The van der Waals surface area contributed by atoms with E-state index in [2.05, 4.69) is 51.7 Å². The molecule has 0 aromatic carbocycles. The van der Waals surface area contributed by atoms with E-state index in [1.807, 2.05) is 6.92 Å². The second kappa shape index (κ2) is 4.27. The summed E-state index contributed by atoms with van der Waals surface area (Å²) in [6.45, 7) is 10.7. The summed E-state index contributed by atoms with van der Waals surface area (Å²) in [5, 5.41) is 12.2. The lowest BCUT2D eigenvalue weighted by molar-refractivity contribution is 0.314. The highest BCUT2D eigenvalue weighted by Gasteiger charge is 2.42. The number of nitrogens with one attached hydrogen (secondary N) is 1. The van der Waals surface area contributed by atoms with Crippen molar-refractivity contribution in [2.24, 2.45) is 5.92 Å². The molecule has 102 valence electrons. The van der Waals surface area contributed by atoms with Crippen molar-refractivity contribution in [3.05, 3.63) is 23.3 Å². The molecular formula is C14H21N5. The van der Waals surface area contributed by atoms with Gasteiger partial charge in [0.25, 0.3) is 5.78 Å². The molecule has 3 heterocycles. The lowest BCUT2D eigenvalue weighted by Gasteiger charge is -2.31. The maximum atomic E-state index is 4.49. The number of hydrogen-bond donors (Lipinski definition) is 1. The lowest BCUT2D eigenvalue weighted by Crippen LogP contribution is -2.37. The zero-order chi connectivity index (χ0) is 13.6. The van der Waals surface area contributed by atoms with Crippen molar-refractivity contribution in [2.45, 2.75) is 39.5 Å². The third kappa shape index (κ3) is 1.75. The predicted molar refractivity (Wildman–Crippen MR) is 74.3 cm³/mol. The second-order valence-electron chi connectivity index (χ2n) is 5.94. The van der Waals surface area contributed by atoms with Crippen molar-refractivity contribution in [3.63, 3.8) is 0 Å². The van der Waals surface area contributed by atoms with Gasteiger partial charge in [-0.1, -0.05) is 13.8 Å². The van der Waals surface area contributed by atoms with Gasteiger partial charge in [-0.3, -0.25) is 4.40 Å². The molecule has 0 amide bonds. The van der Waals surface area contributed by atoms with Gasteiger partial charge in [-0.15, -0.1) is 10.2 Å². The highest BCUT2D eigenvalue weighted by atomic mass is 15.3. The zero-order valence-electron chi connectivity index (χ0n) is 12.1. The van der Waals surface area contributed by atoms with E-state index in [9.17, 15) is 0 Å². The van der Waals surface area contributed by atoms with Crippen LogP contribution in [-0.2, 0) is 5.41 Å².